The van der Waals surface area contributed by atoms with Crippen molar-refractivity contribution in [1.82, 2.24) is 5.43 Å². The molecule has 88 valence electrons. The molecule has 0 aromatic heterocycles. The Hall–Kier alpha value is -1.68. The molecule has 0 bridgehead atoms. The minimum Gasteiger partial charge on any atom is -0.386 e. The van der Waals surface area contributed by atoms with Gasteiger partial charge in [0, 0.05) is 0 Å². The number of aliphatic hydroxyl groups is 1. The van der Waals surface area contributed by atoms with Crippen molar-refractivity contribution in [1.29, 1.82) is 0 Å². The van der Waals surface area contributed by atoms with Gasteiger partial charge in [0.2, 0.25) is 0 Å². The smallest absolute Gasteiger partial charge is 0.0997 e. The number of hydrazine groups is 1. The molecule has 17 heavy (non-hydrogen) atoms. The summed E-state index contributed by atoms with van der Waals surface area (Å²) < 4.78 is 0. The van der Waals surface area contributed by atoms with Crippen LogP contribution in [0.3, 0.4) is 0 Å². The second kappa shape index (κ2) is 5.59. The van der Waals surface area contributed by atoms with Gasteiger partial charge in [-0.3, -0.25) is 11.3 Å². The largest absolute Gasteiger partial charge is 0.386 e. The van der Waals surface area contributed by atoms with Crippen molar-refractivity contribution in [2.75, 3.05) is 0 Å². The predicted octanol–water partition coefficient (Wildman–Crippen LogP) is 1.92. The van der Waals surface area contributed by atoms with Gasteiger partial charge in [-0.1, -0.05) is 60.7 Å². The van der Waals surface area contributed by atoms with E-state index in [4.69, 9.17) is 5.84 Å². The Balaban J connectivity index is 2.25. The average Bonchev–Trinajstić information content (AvgIpc) is 2.42. The molecule has 4 N–H and O–H groups in total. The van der Waals surface area contributed by atoms with Gasteiger partial charge in [-0.05, 0) is 11.1 Å². The number of aliphatic hydroxyl groups excluding tert-OH is 1. The third-order valence-corrected chi connectivity index (χ3v) is 2.80. The van der Waals surface area contributed by atoms with E-state index in [2.05, 4.69) is 5.43 Å². The Bertz CT molecular complexity index is 444. The van der Waals surface area contributed by atoms with Crippen molar-refractivity contribution < 1.29 is 5.11 Å². The van der Waals surface area contributed by atoms with Crippen molar-refractivity contribution in [2.24, 2.45) is 5.84 Å². The highest BCUT2D eigenvalue weighted by Gasteiger charge is 2.20. The van der Waals surface area contributed by atoms with Gasteiger partial charge in [0.25, 0.3) is 0 Å². The first kappa shape index (κ1) is 11.8. The summed E-state index contributed by atoms with van der Waals surface area (Å²) >= 11 is 0. The van der Waals surface area contributed by atoms with Gasteiger partial charge in [0.05, 0.1) is 12.1 Å². The molecule has 0 unspecified atom stereocenters. The standard InChI is InChI=1S/C14H16N2O/c15-16-13(11-7-3-1-4-8-11)14(17)12-9-5-2-6-10-12/h1-10,13-14,16-17H,15H2/t13-,14+/m0/s1. The first-order chi connectivity index (χ1) is 8.33. The van der Waals surface area contributed by atoms with Crippen LogP contribution in [0.2, 0.25) is 0 Å². The van der Waals surface area contributed by atoms with Crippen LogP contribution < -0.4 is 11.3 Å². The first-order valence-corrected chi connectivity index (χ1v) is 5.57. The van der Waals surface area contributed by atoms with E-state index in [-0.39, 0.29) is 6.04 Å². The molecule has 0 aliphatic rings. The summed E-state index contributed by atoms with van der Waals surface area (Å²) in [5, 5.41) is 10.3. The zero-order chi connectivity index (χ0) is 12.1. The normalized spacial score (nSPS) is 14.2. The highest BCUT2D eigenvalue weighted by atomic mass is 16.3. The van der Waals surface area contributed by atoms with E-state index in [0.29, 0.717) is 0 Å². The maximum absolute atomic E-state index is 10.3. The van der Waals surface area contributed by atoms with E-state index in [1.165, 1.54) is 0 Å². The number of nitrogens with two attached hydrogens (primary N) is 1. The Morgan fingerprint density at radius 1 is 0.824 bits per heavy atom. The van der Waals surface area contributed by atoms with E-state index >= 15 is 0 Å². The molecule has 0 aliphatic heterocycles. The third-order valence-electron chi connectivity index (χ3n) is 2.80. The van der Waals surface area contributed by atoms with Crippen LogP contribution in [-0.4, -0.2) is 5.11 Å². The zero-order valence-electron chi connectivity index (χ0n) is 9.45. The average molecular weight is 228 g/mol. The summed E-state index contributed by atoms with van der Waals surface area (Å²) in [6.45, 7) is 0. The summed E-state index contributed by atoms with van der Waals surface area (Å²) in [5.41, 5.74) is 4.48. The molecule has 0 fully saturated rings. The molecule has 0 heterocycles. The maximum atomic E-state index is 10.3. The molecule has 2 aromatic carbocycles. The molecule has 2 aromatic rings. The summed E-state index contributed by atoms with van der Waals surface area (Å²) in [6.07, 6.45) is -0.663. The molecule has 2 atom stereocenters. The molecular formula is C14H16N2O. The summed E-state index contributed by atoms with van der Waals surface area (Å²) in [6, 6.07) is 18.9. The van der Waals surface area contributed by atoms with Crippen LogP contribution in [0.5, 0.6) is 0 Å². The van der Waals surface area contributed by atoms with Gasteiger partial charge >= 0.3 is 0 Å². The van der Waals surface area contributed by atoms with Crippen LogP contribution in [0.4, 0.5) is 0 Å². The highest BCUT2D eigenvalue weighted by Crippen LogP contribution is 2.27. The number of nitrogens with one attached hydrogen (secondary N) is 1. The molecule has 2 rings (SSSR count). The number of rotatable bonds is 4. The van der Waals surface area contributed by atoms with Gasteiger partial charge in [-0.2, -0.15) is 0 Å². The topological polar surface area (TPSA) is 58.3 Å². The van der Waals surface area contributed by atoms with Crippen molar-refractivity contribution in [3.63, 3.8) is 0 Å². The zero-order valence-corrected chi connectivity index (χ0v) is 9.45. The van der Waals surface area contributed by atoms with Crippen LogP contribution >= 0.6 is 0 Å². The molecule has 0 amide bonds. The van der Waals surface area contributed by atoms with Crippen molar-refractivity contribution in [3.05, 3.63) is 71.8 Å². The number of benzene rings is 2. The van der Waals surface area contributed by atoms with Crippen molar-refractivity contribution in [3.8, 4) is 0 Å². The molecule has 0 spiro atoms. The lowest BCUT2D eigenvalue weighted by Crippen LogP contribution is -2.32. The van der Waals surface area contributed by atoms with E-state index in [1.54, 1.807) is 0 Å². The van der Waals surface area contributed by atoms with Gasteiger partial charge in [0.15, 0.2) is 0 Å². The second-order valence-electron chi connectivity index (χ2n) is 3.91. The minimum absolute atomic E-state index is 0.307. The number of hydrogen-bond donors (Lipinski definition) is 3. The first-order valence-electron chi connectivity index (χ1n) is 5.57. The van der Waals surface area contributed by atoms with E-state index in [9.17, 15) is 5.11 Å². The van der Waals surface area contributed by atoms with Gasteiger partial charge in [-0.15, -0.1) is 0 Å². The van der Waals surface area contributed by atoms with Crippen molar-refractivity contribution >= 4 is 0 Å². The summed E-state index contributed by atoms with van der Waals surface area (Å²) in [4.78, 5) is 0. The molecular weight excluding hydrogens is 212 g/mol. The van der Waals surface area contributed by atoms with Gasteiger partial charge in [-0.25, -0.2) is 0 Å². The SMILES string of the molecule is NN[C@@H](c1ccccc1)[C@H](O)c1ccccc1. The van der Waals surface area contributed by atoms with Crippen LogP contribution in [0, 0.1) is 0 Å². The Labute approximate surface area is 101 Å². The molecule has 3 nitrogen and oxygen atoms in total. The summed E-state index contributed by atoms with van der Waals surface area (Å²) in [7, 11) is 0. The minimum atomic E-state index is -0.663. The van der Waals surface area contributed by atoms with Crippen LogP contribution in [0.25, 0.3) is 0 Å². The van der Waals surface area contributed by atoms with Gasteiger partial charge < -0.3 is 5.11 Å². The van der Waals surface area contributed by atoms with Crippen LogP contribution in [0.1, 0.15) is 23.3 Å². The lowest BCUT2D eigenvalue weighted by atomic mass is 9.96. The fraction of sp³-hybridized carbons (Fsp3) is 0.143. The van der Waals surface area contributed by atoms with Gasteiger partial charge in [0.1, 0.15) is 0 Å². The second-order valence-corrected chi connectivity index (χ2v) is 3.91. The molecule has 0 aliphatic carbocycles. The fourth-order valence-corrected chi connectivity index (χ4v) is 1.87. The third kappa shape index (κ3) is 2.71. The van der Waals surface area contributed by atoms with Crippen molar-refractivity contribution in [2.45, 2.75) is 12.1 Å². The lowest BCUT2D eigenvalue weighted by molar-refractivity contribution is 0.129. The lowest BCUT2D eigenvalue weighted by Gasteiger charge is -2.22. The quantitative estimate of drug-likeness (QED) is 0.553. The predicted molar refractivity (Wildman–Crippen MR) is 67.9 cm³/mol. The van der Waals surface area contributed by atoms with Crippen LogP contribution in [-0.2, 0) is 0 Å². The molecule has 0 radical (unpaired) electrons. The van der Waals surface area contributed by atoms with Crippen LogP contribution in [0.15, 0.2) is 60.7 Å². The Morgan fingerprint density at radius 3 is 1.76 bits per heavy atom. The molecule has 0 saturated carbocycles. The highest BCUT2D eigenvalue weighted by molar-refractivity contribution is 5.25. The fourth-order valence-electron chi connectivity index (χ4n) is 1.87. The maximum Gasteiger partial charge on any atom is 0.0997 e. The Kier molecular flexibility index (Phi) is 3.88. The van der Waals surface area contributed by atoms with E-state index in [1.807, 2.05) is 60.7 Å². The monoisotopic (exact) mass is 228 g/mol. The van der Waals surface area contributed by atoms with E-state index < -0.39 is 6.10 Å². The Morgan fingerprint density at radius 2 is 1.29 bits per heavy atom. The summed E-state index contributed by atoms with van der Waals surface area (Å²) in [5.74, 6) is 5.53. The number of hydrogen-bond acceptors (Lipinski definition) is 3. The van der Waals surface area contributed by atoms with E-state index in [0.717, 1.165) is 11.1 Å². The molecule has 3 heteroatoms. The molecule has 0 saturated heterocycles.